The summed E-state index contributed by atoms with van der Waals surface area (Å²) >= 11 is 7.43. The Morgan fingerprint density at radius 1 is 1.14 bits per heavy atom. The van der Waals surface area contributed by atoms with Crippen LogP contribution in [0.5, 0.6) is 0 Å². The second kappa shape index (κ2) is 13.1. The summed E-state index contributed by atoms with van der Waals surface area (Å²) in [6.07, 6.45) is -2.98. The number of hydrogen-bond donors (Lipinski definition) is 3. The Hall–Kier alpha value is -3.99. The first-order valence-corrected chi connectivity index (χ1v) is 13.6. The largest absolute Gasteiger partial charge is 0.618 e. The van der Waals surface area contributed by atoms with Gasteiger partial charge in [-0.3, -0.25) is 23.9 Å². The van der Waals surface area contributed by atoms with Crippen LogP contribution in [0, 0.1) is 5.21 Å². The van der Waals surface area contributed by atoms with E-state index in [0.29, 0.717) is 4.90 Å². The highest BCUT2D eigenvalue weighted by Gasteiger charge is 2.41. The molecule has 3 aromatic rings. The summed E-state index contributed by atoms with van der Waals surface area (Å²) in [7, 11) is 0. The van der Waals surface area contributed by atoms with E-state index in [1.807, 2.05) is 5.32 Å². The van der Waals surface area contributed by atoms with Crippen LogP contribution in [0.3, 0.4) is 0 Å². The van der Waals surface area contributed by atoms with E-state index < -0.39 is 59.6 Å². The first-order valence-electron chi connectivity index (χ1n) is 12.2. The van der Waals surface area contributed by atoms with E-state index in [2.05, 4.69) is 15.3 Å². The summed E-state index contributed by atoms with van der Waals surface area (Å²) in [5.74, 6) is -7.44. The lowest BCUT2D eigenvalue weighted by atomic mass is 10.1. The van der Waals surface area contributed by atoms with Gasteiger partial charge in [-0.15, -0.1) is 11.8 Å². The molecule has 4 N–H and O–H groups in total. The Morgan fingerprint density at radius 2 is 1.84 bits per heavy atom. The highest BCUT2D eigenvalue weighted by Crippen LogP contribution is 2.29. The van der Waals surface area contributed by atoms with Gasteiger partial charge in [0, 0.05) is 40.9 Å². The second-order valence-electron chi connectivity index (χ2n) is 9.77. The number of nitrogens with one attached hydrogen (secondary N) is 2. The quantitative estimate of drug-likeness (QED) is 0.117. The van der Waals surface area contributed by atoms with Gasteiger partial charge in [0.05, 0.1) is 17.9 Å². The number of amides is 2. The number of alkyl halides is 5. The zero-order chi connectivity index (χ0) is 32.2. The zero-order valence-corrected chi connectivity index (χ0v) is 24.1. The molecule has 0 atom stereocenters. The topological polar surface area (TPSA) is 159 Å². The highest BCUT2D eigenvalue weighted by atomic mass is 35.5. The Bertz CT molecular complexity index is 1570. The Labute approximate surface area is 250 Å². The van der Waals surface area contributed by atoms with Gasteiger partial charge in [0.1, 0.15) is 11.7 Å². The molecule has 0 saturated carbocycles. The van der Waals surface area contributed by atoms with Crippen LogP contribution in [0.25, 0.3) is 0 Å². The van der Waals surface area contributed by atoms with Gasteiger partial charge in [0.2, 0.25) is 5.91 Å². The lowest BCUT2D eigenvalue weighted by Gasteiger charge is -2.26. The molecular weight excluding hydrogens is 625 g/mol. The Balaban J connectivity index is 1.92. The minimum Gasteiger partial charge on any atom is -0.618 e. The summed E-state index contributed by atoms with van der Waals surface area (Å²) < 4.78 is 68.5. The fourth-order valence-electron chi connectivity index (χ4n) is 3.64. The number of anilines is 1. The molecule has 3 rings (SSSR count). The molecule has 0 aromatic carbocycles. The monoisotopic (exact) mass is 649 g/mol. The molecule has 2 amide bonds. The number of rotatable bonds is 12. The number of nitrogens with zero attached hydrogens (tertiary/aromatic N) is 4. The van der Waals surface area contributed by atoms with Crippen LogP contribution in [-0.2, 0) is 28.5 Å². The van der Waals surface area contributed by atoms with Gasteiger partial charge in [-0.05, 0) is 32.0 Å². The van der Waals surface area contributed by atoms with Crippen molar-refractivity contribution >= 4 is 41.0 Å². The molecule has 0 saturated heterocycles. The predicted molar refractivity (Wildman–Crippen MR) is 147 cm³/mol. The summed E-state index contributed by atoms with van der Waals surface area (Å²) in [5, 5.41) is 15.6. The number of halogens is 6. The molecule has 0 bridgehead atoms. The van der Waals surface area contributed by atoms with Gasteiger partial charge >= 0.3 is 18.0 Å². The molecule has 3 heterocycles. The third kappa shape index (κ3) is 8.76. The average Bonchev–Trinajstić information content (AvgIpc) is 2.90. The number of pyridine rings is 2. The van der Waals surface area contributed by atoms with Gasteiger partial charge in [-0.2, -0.15) is 26.7 Å². The maximum Gasteiger partial charge on any atom is 0.471 e. The average molecular weight is 650 g/mol. The van der Waals surface area contributed by atoms with Crippen LogP contribution in [0.1, 0.15) is 30.9 Å². The van der Waals surface area contributed by atoms with Gasteiger partial charge in [0.25, 0.3) is 11.3 Å². The first-order chi connectivity index (χ1) is 19.9. The highest BCUT2D eigenvalue weighted by molar-refractivity contribution is 7.99. The molecule has 232 valence electrons. The number of thioether (sulfide) groups is 1. The van der Waals surface area contributed by atoms with Crippen LogP contribution < -0.4 is 26.7 Å². The number of aromatic nitrogens is 4. The molecule has 0 radical (unpaired) electrons. The van der Waals surface area contributed by atoms with Crippen LogP contribution >= 0.6 is 23.4 Å². The number of hydrogen-bond acceptors (Lipinski definition) is 8. The maximum atomic E-state index is 14.8. The minimum absolute atomic E-state index is 0.0169. The van der Waals surface area contributed by atoms with Gasteiger partial charge in [-0.25, -0.2) is 4.98 Å². The van der Waals surface area contributed by atoms with Crippen LogP contribution in [-0.4, -0.2) is 50.4 Å². The van der Waals surface area contributed by atoms with Crippen molar-refractivity contribution in [3.8, 4) is 0 Å². The molecule has 0 aliphatic rings. The summed E-state index contributed by atoms with van der Waals surface area (Å²) in [6.45, 7) is 0.863. The molecular formula is C25H25ClF5N7O4S. The maximum absolute atomic E-state index is 14.8. The summed E-state index contributed by atoms with van der Waals surface area (Å²) in [6, 6.07) is 6.57. The minimum atomic E-state index is -5.06. The molecule has 43 heavy (non-hydrogen) atoms. The normalized spacial score (nSPS) is 12.2. The van der Waals surface area contributed by atoms with E-state index in [0.717, 1.165) is 28.6 Å². The second-order valence-corrected chi connectivity index (χ2v) is 11.1. The van der Waals surface area contributed by atoms with Crippen LogP contribution in [0.2, 0.25) is 5.15 Å². The van der Waals surface area contributed by atoms with E-state index in [1.165, 1.54) is 32.2 Å². The SMILES string of the molecule is CC(C)(CSc1cccnc1Cc1nc(NCC(F)(F)c2cccc[n+]2[O-])c(=O)n(CC(N)=O)c1Cl)NC(=O)C(F)(F)F. The molecule has 0 aliphatic heterocycles. The fraction of sp³-hybridized carbons (Fsp3) is 0.360. The van der Waals surface area contributed by atoms with Crippen molar-refractivity contribution in [2.75, 3.05) is 17.6 Å². The summed E-state index contributed by atoms with van der Waals surface area (Å²) in [4.78, 5) is 44.8. The van der Waals surface area contributed by atoms with Crippen molar-refractivity contribution < 1.29 is 36.3 Å². The van der Waals surface area contributed by atoms with Crippen LogP contribution in [0.4, 0.5) is 27.8 Å². The Kier molecular flexibility index (Phi) is 10.2. The third-order valence-corrected chi connectivity index (χ3v) is 7.61. The van der Waals surface area contributed by atoms with Gasteiger partial charge < -0.3 is 21.6 Å². The van der Waals surface area contributed by atoms with E-state index in [9.17, 15) is 41.5 Å². The Morgan fingerprint density at radius 3 is 2.47 bits per heavy atom. The smallest absolute Gasteiger partial charge is 0.471 e. The molecule has 0 aliphatic carbocycles. The van der Waals surface area contributed by atoms with Crippen LogP contribution in [0.15, 0.2) is 52.4 Å². The predicted octanol–water partition coefficient (Wildman–Crippen LogP) is 2.75. The van der Waals surface area contributed by atoms with Crippen molar-refractivity contribution in [1.29, 1.82) is 0 Å². The van der Waals surface area contributed by atoms with E-state index in [4.69, 9.17) is 17.3 Å². The van der Waals surface area contributed by atoms with Gasteiger partial charge in [-0.1, -0.05) is 11.6 Å². The molecule has 11 nitrogen and oxygen atoms in total. The van der Waals surface area contributed by atoms with Gasteiger partial charge in [0.15, 0.2) is 12.0 Å². The third-order valence-electron chi connectivity index (χ3n) is 5.64. The zero-order valence-electron chi connectivity index (χ0n) is 22.5. The number of primary amides is 1. The van der Waals surface area contributed by atoms with E-state index in [-0.39, 0.29) is 33.4 Å². The van der Waals surface area contributed by atoms with Crippen molar-refractivity contribution in [1.82, 2.24) is 19.9 Å². The van der Waals surface area contributed by atoms with Crippen molar-refractivity contribution in [3.05, 3.63) is 80.5 Å². The molecule has 0 spiro atoms. The van der Waals surface area contributed by atoms with Crippen molar-refractivity contribution in [2.24, 2.45) is 5.73 Å². The first kappa shape index (κ1) is 33.5. The molecule has 0 fully saturated rings. The lowest BCUT2D eigenvalue weighted by Crippen LogP contribution is -2.50. The molecule has 3 aromatic heterocycles. The standard InChI is InChI=1S/C25H25ClF5N7O4S/c1-23(2,36-22(41)25(29,30)31)13-43-16-6-5-8-33-14(16)10-15-19(26)37(11-18(32)39)21(40)20(35-15)34-12-24(27,28)17-7-3-4-9-38(17)42/h3-9H,10-13H2,1-2H3,(H2,32,39)(H,34,35)(H,36,41). The van der Waals surface area contributed by atoms with Crippen molar-refractivity contribution in [3.63, 3.8) is 0 Å². The molecule has 18 heteroatoms. The van der Waals surface area contributed by atoms with E-state index >= 15 is 0 Å². The fourth-order valence-corrected chi connectivity index (χ4v) is 4.94. The van der Waals surface area contributed by atoms with Crippen molar-refractivity contribution in [2.45, 2.75) is 49.3 Å². The number of nitrogens with two attached hydrogens (primary N) is 1. The summed E-state index contributed by atoms with van der Waals surface area (Å²) in [5.41, 5.74) is 2.24. The lowest BCUT2D eigenvalue weighted by molar-refractivity contribution is -0.624. The van der Waals surface area contributed by atoms with E-state index in [1.54, 1.807) is 12.1 Å². The number of carbonyl (C=O) groups excluding carboxylic acids is 2. The number of carbonyl (C=O) groups is 2. The molecule has 0 unspecified atom stereocenters.